The van der Waals surface area contributed by atoms with E-state index in [9.17, 15) is 26.7 Å². The molecule has 1 aromatic carbocycles. The van der Waals surface area contributed by atoms with Crippen molar-refractivity contribution in [2.75, 3.05) is 13.1 Å². The molecule has 0 amide bonds. The van der Waals surface area contributed by atoms with Gasteiger partial charge in [0, 0.05) is 6.54 Å². The Hall–Kier alpha value is -0.870. The van der Waals surface area contributed by atoms with Crippen LogP contribution in [0.25, 0.3) is 0 Å². The van der Waals surface area contributed by atoms with Gasteiger partial charge < -0.3 is 10.4 Å². The number of benzene rings is 1. The lowest BCUT2D eigenvalue weighted by molar-refractivity contribution is 0.113. The molecule has 0 aliphatic carbocycles. The van der Waals surface area contributed by atoms with Crippen molar-refractivity contribution in [3.8, 4) is 0 Å². The number of sulfonamides is 1. The number of aliphatic hydroxyl groups is 1. The van der Waals surface area contributed by atoms with Gasteiger partial charge in [-0.05, 0) is 25.1 Å². The van der Waals surface area contributed by atoms with E-state index in [1.54, 1.807) is 0 Å². The van der Waals surface area contributed by atoms with Crippen LogP contribution in [0, 0.1) is 17.5 Å². The van der Waals surface area contributed by atoms with Crippen LogP contribution in [0.3, 0.4) is 0 Å². The zero-order chi connectivity index (χ0) is 14.9. The highest BCUT2D eigenvalue weighted by Gasteiger charge is 2.30. The van der Waals surface area contributed by atoms with Crippen LogP contribution in [0.15, 0.2) is 17.0 Å². The summed E-state index contributed by atoms with van der Waals surface area (Å²) in [4.78, 5) is -0.984. The standard InChI is InChI=1S/C11H13F3N2O3S.ClH/c12-6-1-2-9(11(14)10(6)13)20(18,19)16-7-3-4-15-5-8(7)17;/h1-2,7-8,15-17H,3-5H2;1H/t7-,8-;/m1./s1. The highest BCUT2D eigenvalue weighted by molar-refractivity contribution is 7.89. The van der Waals surface area contributed by atoms with E-state index >= 15 is 0 Å². The zero-order valence-electron chi connectivity index (χ0n) is 10.6. The van der Waals surface area contributed by atoms with Crippen molar-refractivity contribution < 1.29 is 26.7 Å². The molecular formula is C11H14ClF3N2O3S. The van der Waals surface area contributed by atoms with Crippen molar-refractivity contribution in [3.05, 3.63) is 29.6 Å². The molecule has 120 valence electrons. The molecule has 10 heteroatoms. The van der Waals surface area contributed by atoms with Crippen molar-refractivity contribution in [1.29, 1.82) is 0 Å². The van der Waals surface area contributed by atoms with Crippen molar-refractivity contribution in [3.63, 3.8) is 0 Å². The van der Waals surface area contributed by atoms with Gasteiger partial charge in [-0.3, -0.25) is 0 Å². The molecule has 0 saturated carbocycles. The maximum Gasteiger partial charge on any atom is 0.243 e. The van der Waals surface area contributed by atoms with Crippen LogP contribution >= 0.6 is 12.4 Å². The largest absolute Gasteiger partial charge is 0.390 e. The van der Waals surface area contributed by atoms with Gasteiger partial charge in [0.1, 0.15) is 4.90 Å². The quantitative estimate of drug-likeness (QED) is 0.698. The van der Waals surface area contributed by atoms with Gasteiger partial charge in [0.05, 0.1) is 12.1 Å². The summed E-state index contributed by atoms with van der Waals surface area (Å²) in [6.45, 7) is 0.665. The lowest BCUT2D eigenvalue weighted by atomic mass is 10.1. The molecule has 0 unspecified atom stereocenters. The van der Waals surface area contributed by atoms with E-state index in [1.807, 2.05) is 0 Å². The first-order valence-corrected chi connectivity index (χ1v) is 7.36. The van der Waals surface area contributed by atoms with Crippen LogP contribution in [0.5, 0.6) is 0 Å². The Labute approximate surface area is 126 Å². The smallest absolute Gasteiger partial charge is 0.243 e. The van der Waals surface area contributed by atoms with E-state index in [0.29, 0.717) is 25.1 Å². The third-order valence-corrected chi connectivity index (χ3v) is 4.55. The molecular weight excluding hydrogens is 333 g/mol. The number of hydrogen-bond donors (Lipinski definition) is 3. The summed E-state index contributed by atoms with van der Waals surface area (Å²) in [6, 6.07) is 0.365. The SMILES string of the molecule is Cl.O=S(=O)(N[C@@H]1CCNC[C@H]1O)c1ccc(F)c(F)c1F. The summed E-state index contributed by atoms with van der Waals surface area (Å²) >= 11 is 0. The second kappa shape index (κ2) is 6.93. The lowest BCUT2D eigenvalue weighted by Crippen LogP contribution is -2.52. The molecule has 1 saturated heterocycles. The monoisotopic (exact) mass is 346 g/mol. The van der Waals surface area contributed by atoms with Gasteiger partial charge in [-0.1, -0.05) is 0 Å². The van der Waals surface area contributed by atoms with Gasteiger partial charge in [-0.15, -0.1) is 12.4 Å². The minimum atomic E-state index is -4.38. The average molecular weight is 347 g/mol. The van der Waals surface area contributed by atoms with E-state index in [0.717, 1.165) is 0 Å². The zero-order valence-corrected chi connectivity index (χ0v) is 12.3. The summed E-state index contributed by atoms with van der Waals surface area (Å²) in [5.41, 5.74) is 0. The maximum atomic E-state index is 13.5. The number of halogens is 4. The minimum Gasteiger partial charge on any atom is -0.390 e. The van der Waals surface area contributed by atoms with Crippen molar-refractivity contribution in [1.82, 2.24) is 10.0 Å². The van der Waals surface area contributed by atoms with E-state index < -0.39 is 44.5 Å². The number of piperidine rings is 1. The molecule has 0 spiro atoms. The van der Waals surface area contributed by atoms with Crippen LogP contribution in [0.1, 0.15) is 6.42 Å². The Morgan fingerprint density at radius 1 is 1.24 bits per heavy atom. The topological polar surface area (TPSA) is 78.4 Å². The van der Waals surface area contributed by atoms with Gasteiger partial charge in [0.25, 0.3) is 0 Å². The number of hydrogen-bond acceptors (Lipinski definition) is 4. The molecule has 1 aromatic rings. The molecule has 2 atom stereocenters. The van der Waals surface area contributed by atoms with Crippen LogP contribution in [0.2, 0.25) is 0 Å². The molecule has 0 radical (unpaired) electrons. The van der Waals surface area contributed by atoms with E-state index in [-0.39, 0.29) is 19.0 Å². The van der Waals surface area contributed by atoms with Gasteiger partial charge in [-0.2, -0.15) is 0 Å². The Morgan fingerprint density at radius 3 is 2.52 bits per heavy atom. The fourth-order valence-electron chi connectivity index (χ4n) is 1.96. The first-order chi connectivity index (χ1) is 9.33. The maximum absolute atomic E-state index is 13.5. The Balaban J connectivity index is 0.00000220. The molecule has 5 nitrogen and oxygen atoms in total. The van der Waals surface area contributed by atoms with Crippen LogP contribution in [0.4, 0.5) is 13.2 Å². The normalized spacial score (nSPS) is 22.7. The lowest BCUT2D eigenvalue weighted by Gasteiger charge is -2.28. The predicted octanol–water partition coefficient (Wildman–Crippen LogP) is 0.527. The number of rotatable bonds is 3. The number of aliphatic hydroxyl groups excluding tert-OH is 1. The fraction of sp³-hybridized carbons (Fsp3) is 0.455. The average Bonchev–Trinajstić information content (AvgIpc) is 2.38. The molecule has 3 N–H and O–H groups in total. The van der Waals surface area contributed by atoms with E-state index in [4.69, 9.17) is 0 Å². The van der Waals surface area contributed by atoms with Gasteiger partial charge in [0.2, 0.25) is 10.0 Å². The predicted molar refractivity (Wildman–Crippen MR) is 71.2 cm³/mol. The molecule has 1 fully saturated rings. The summed E-state index contributed by atoms with van der Waals surface area (Å²) in [5.74, 6) is -5.09. The number of β-amino-alcohol motifs (C(OH)–C–C–N with tert-alkyl or cyclic N) is 1. The second-order valence-corrected chi connectivity index (χ2v) is 6.14. The third-order valence-electron chi connectivity index (χ3n) is 3.05. The molecule has 1 aliphatic heterocycles. The molecule has 2 rings (SSSR count). The minimum absolute atomic E-state index is 0. The highest BCUT2D eigenvalue weighted by Crippen LogP contribution is 2.20. The second-order valence-electron chi connectivity index (χ2n) is 4.46. The molecule has 0 aromatic heterocycles. The highest BCUT2D eigenvalue weighted by atomic mass is 35.5. The van der Waals surface area contributed by atoms with E-state index in [2.05, 4.69) is 10.0 Å². The van der Waals surface area contributed by atoms with Gasteiger partial charge in [0.15, 0.2) is 17.5 Å². The van der Waals surface area contributed by atoms with Gasteiger partial charge in [-0.25, -0.2) is 26.3 Å². The van der Waals surface area contributed by atoms with Crippen LogP contribution in [-0.4, -0.2) is 38.8 Å². The van der Waals surface area contributed by atoms with Crippen LogP contribution < -0.4 is 10.0 Å². The van der Waals surface area contributed by atoms with Gasteiger partial charge >= 0.3 is 0 Å². The van der Waals surface area contributed by atoms with E-state index in [1.165, 1.54) is 0 Å². The molecule has 1 heterocycles. The van der Waals surface area contributed by atoms with Crippen molar-refractivity contribution >= 4 is 22.4 Å². The Morgan fingerprint density at radius 2 is 1.90 bits per heavy atom. The summed E-state index contributed by atoms with van der Waals surface area (Å²) in [5, 5.41) is 12.5. The molecule has 21 heavy (non-hydrogen) atoms. The van der Waals surface area contributed by atoms with Crippen molar-refractivity contribution in [2.24, 2.45) is 0 Å². The molecule has 0 bridgehead atoms. The molecule has 1 aliphatic rings. The summed E-state index contributed by atoms with van der Waals surface area (Å²) in [6.07, 6.45) is -0.682. The Bertz CT molecular complexity index is 615. The van der Waals surface area contributed by atoms with Crippen LogP contribution in [-0.2, 0) is 10.0 Å². The summed E-state index contributed by atoms with van der Waals surface area (Å²) in [7, 11) is -4.38. The Kier molecular flexibility index (Phi) is 6.00. The van der Waals surface area contributed by atoms with Crippen molar-refractivity contribution in [2.45, 2.75) is 23.5 Å². The first kappa shape index (κ1) is 18.2. The fourth-order valence-corrected chi connectivity index (χ4v) is 3.33. The number of nitrogens with one attached hydrogen (secondary N) is 2. The third kappa shape index (κ3) is 3.86. The summed E-state index contributed by atoms with van der Waals surface area (Å²) < 4.78 is 65.4. The first-order valence-electron chi connectivity index (χ1n) is 5.87.